The number of carbonyl (C=O) groups is 1. The number of fused-ring (bicyclic) bond motifs is 2. The lowest BCUT2D eigenvalue weighted by Crippen LogP contribution is -2.51. The lowest BCUT2D eigenvalue weighted by Gasteiger charge is -2.34. The number of amidine groups is 1. The predicted molar refractivity (Wildman–Crippen MR) is 64.2 cm³/mol. The number of nitrogens with one attached hydrogen (secondary N) is 1. The van der Waals surface area contributed by atoms with Crippen LogP contribution in [-0.2, 0) is 0 Å². The molecule has 0 saturated heterocycles. The summed E-state index contributed by atoms with van der Waals surface area (Å²) < 4.78 is 0. The van der Waals surface area contributed by atoms with Gasteiger partial charge < -0.3 is 10.2 Å². The number of nitrogens with zero attached hydrogens (tertiary/aromatic N) is 4. The maximum absolute atomic E-state index is 12.3. The molecule has 0 fully saturated rings. The summed E-state index contributed by atoms with van der Waals surface area (Å²) in [5.74, 6) is 1.76. The van der Waals surface area contributed by atoms with Gasteiger partial charge in [0.05, 0.1) is 13.2 Å². The zero-order chi connectivity index (χ0) is 12.0. The van der Waals surface area contributed by atoms with Crippen LogP contribution < -0.4 is 5.32 Å². The van der Waals surface area contributed by atoms with Gasteiger partial charge in [-0.1, -0.05) is 6.92 Å². The van der Waals surface area contributed by atoms with Crippen molar-refractivity contribution in [3.05, 3.63) is 11.5 Å². The number of carbonyl (C=O) groups excluding carboxylic acids is 1. The molecule has 0 atom stereocenters. The highest BCUT2D eigenvalue weighted by Crippen LogP contribution is 2.28. The summed E-state index contributed by atoms with van der Waals surface area (Å²) in [5, 5.41) is 3.29. The molecular weight excluding hydrogens is 218 g/mol. The van der Waals surface area contributed by atoms with E-state index in [-0.39, 0.29) is 6.03 Å². The fourth-order valence-corrected chi connectivity index (χ4v) is 2.55. The molecule has 0 aliphatic carbocycles. The van der Waals surface area contributed by atoms with E-state index in [1.165, 1.54) is 0 Å². The fourth-order valence-electron chi connectivity index (χ4n) is 2.55. The van der Waals surface area contributed by atoms with Gasteiger partial charge in [-0.15, -0.1) is 0 Å². The molecule has 0 saturated carbocycles. The van der Waals surface area contributed by atoms with E-state index in [4.69, 9.17) is 0 Å². The van der Waals surface area contributed by atoms with Crippen LogP contribution in [0.5, 0.6) is 0 Å². The van der Waals surface area contributed by atoms with Gasteiger partial charge in [-0.3, -0.25) is 14.8 Å². The van der Waals surface area contributed by atoms with Crippen molar-refractivity contribution in [2.45, 2.75) is 13.3 Å². The first-order chi connectivity index (χ1) is 8.24. The Labute approximate surface area is 101 Å². The maximum atomic E-state index is 12.3. The van der Waals surface area contributed by atoms with Crippen LogP contribution in [0.2, 0.25) is 0 Å². The van der Waals surface area contributed by atoms with Crippen LogP contribution in [0.15, 0.2) is 16.5 Å². The SMILES string of the molecule is CCCN1C(=O)N2CCN=C2C2=C1NCN2C. The minimum atomic E-state index is 0.0599. The maximum Gasteiger partial charge on any atom is 0.331 e. The van der Waals surface area contributed by atoms with E-state index in [0.717, 1.165) is 37.0 Å². The summed E-state index contributed by atoms with van der Waals surface area (Å²) in [7, 11) is 2.02. The van der Waals surface area contributed by atoms with Crippen LogP contribution in [-0.4, -0.2) is 59.9 Å². The Bertz CT molecular complexity index is 428. The van der Waals surface area contributed by atoms with Crippen molar-refractivity contribution in [1.82, 2.24) is 20.0 Å². The molecule has 0 spiro atoms. The molecule has 3 rings (SSSR count). The van der Waals surface area contributed by atoms with Crippen LogP contribution in [0.4, 0.5) is 4.79 Å². The average molecular weight is 235 g/mol. The van der Waals surface area contributed by atoms with Gasteiger partial charge in [-0.2, -0.15) is 0 Å². The van der Waals surface area contributed by atoms with Crippen LogP contribution >= 0.6 is 0 Å². The van der Waals surface area contributed by atoms with Crippen molar-refractivity contribution in [2.24, 2.45) is 4.99 Å². The minimum absolute atomic E-state index is 0.0599. The number of hydrogen-bond donors (Lipinski definition) is 1. The third kappa shape index (κ3) is 1.33. The smallest absolute Gasteiger partial charge is 0.331 e. The largest absolute Gasteiger partial charge is 0.352 e. The zero-order valence-electron chi connectivity index (χ0n) is 10.2. The normalized spacial score (nSPS) is 22.8. The molecule has 3 heterocycles. The molecule has 0 radical (unpaired) electrons. The highest BCUT2D eigenvalue weighted by Gasteiger charge is 2.42. The van der Waals surface area contributed by atoms with Gasteiger partial charge in [-0.25, -0.2) is 4.79 Å². The van der Waals surface area contributed by atoms with Gasteiger partial charge in [0, 0.05) is 20.1 Å². The monoisotopic (exact) mass is 235 g/mol. The molecule has 0 aromatic carbocycles. The van der Waals surface area contributed by atoms with Crippen LogP contribution in [0.3, 0.4) is 0 Å². The molecule has 0 aromatic heterocycles. The summed E-state index contributed by atoms with van der Waals surface area (Å²) in [4.78, 5) is 22.5. The second kappa shape index (κ2) is 3.65. The average Bonchev–Trinajstić information content (AvgIpc) is 2.90. The second-order valence-corrected chi connectivity index (χ2v) is 4.52. The number of likely N-dealkylation sites (N-methyl/N-ethyl adjacent to an activating group) is 1. The Morgan fingerprint density at radius 2 is 2.29 bits per heavy atom. The molecule has 92 valence electrons. The first-order valence-corrected chi connectivity index (χ1v) is 6.07. The number of rotatable bonds is 2. The number of amides is 2. The Balaban J connectivity index is 2.06. The summed E-state index contributed by atoms with van der Waals surface area (Å²) >= 11 is 0. The first-order valence-electron chi connectivity index (χ1n) is 6.07. The van der Waals surface area contributed by atoms with E-state index in [9.17, 15) is 4.79 Å². The van der Waals surface area contributed by atoms with E-state index in [2.05, 4.69) is 22.1 Å². The number of urea groups is 1. The summed E-state index contributed by atoms with van der Waals surface area (Å²) in [5.41, 5.74) is 1.07. The third-order valence-electron chi connectivity index (χ3n) is 3.32. The van der Waals surface area contributed by atoms with Gasteiger partial charge >= 0.3 is 6.03 Å². The van der Waals surface area contributed by atoms with E-state index in [1.54, 1.807) is 4.90 Å². The molecule has 6 nitrogen and oxygen atoms in total. The van der Waals surface area contributed by atoms with Gasteiger partial charge in [0.1, 0.15) is 11.5 Å². The minimum Gasteiger partial charge on any atom is -0.352 e. The molecule has 6 heteroatoms. The molecule has 17 heavy (non-hydrogen) atoms. The Kier molecular flexibility index (Phi) is 2.24. The predicted octanol–water partition coefficient (Wildman–Crippen LogP) is 0.208. The van der Waals surface area contributed by atoms with E-state index >= 15 is 0 Å². The second-order valence-electron chi connectivity index (χ2n) is 4.52. The lowest BCUT2D eigenvalue weighted by atomic mass is 10.2. The van der Waals surface area contributed by atoms with E-state index in [1.807, 2.05) is 11.9 Å². The molecule has 3 aliphatic rings. The highest BCUT2D eigenvalue weighted by atomic mass is 16.2. The van der Waals surface area contributed by atoms with Crippen molar-refractivity contribution in [3.8, 4) is 0 Å². The number of aliphatic imine (C=N–C) groups is 1. The standard InChI is InChI=1S/C11H17N5O/c1-3-5-15-10-8(14(2)7-13-10)9-12-4-6-16(9)11(15)17/h13H,3-7H2,1-2H3. The van der Waals surface area contributed by atoms with Crippen LogP contribution in [0.1, 0.15) is 13.3 Å². The van der Waals surface area contributed by atoms with Gasteiger partial charge in [0.2, 0.25) is 0 Å². The molecular formula is C11H17N5O. The Morgan fingerprint density at radius 1 is 1.47 bits per heavy atom. The molecule has 2 amide bonds. The van der Waals surface area contributed by atoms with Crippen molar-refractivity contribution in [3.63, 3.8) is 0 Å². The van der Waals surface area contributed by atoms with Crippen molar-refractivity contribution < 1.29 is 4.79 Å². The van der Waals surface area contributed by atoms with Gasteiger partial charge in [0.25, 0.3) is 0 Å². The summed E-state index contributed by atoms with van der Waals surface area (Å²) in [6, 6.07) is 0.0599. The molecule has 1 N–H and O–H groups in total. The summed E-state index contributed by atoms with van der Waals surface area (Å²) in [6.07, 6.45) is 0.953. The third-order valence-corrected chi connectivity index (χ3v) is 3.32. The molecule has 0 aromatic rings. The highest BCUT2D eigenvalue weighted by molar-refractivity contribution is 6.11. The van der Waals surface area contributed by atoms with Crippen LogP contribution in [0, 0.1) is 0 Å². The van der Waals surface area contributed by atoms with Crippen LogP contribution in [0.25, 0.3) is 0 Å². The first kappa shape index (κ1) is 10.4. The molecule has 3 aliphatic heterocycles. The van der Waals surface area contributed by atoms with E-state index < -0.39 is 0 Å². The van der Waals surface area contributed by atoms with Crippen molar-refractivity contribution in [2.75, 3.05) is 33.4 Å². The summed E-state index contributed by atoms with van der Waals surface area (Å²) in [6.45, 7) is 5.00. The quantitative estimate of drug-likeness (QED) is 0.744. The Hall–Kier alpha value is -1.72. The van der Waals surface area contributed by atoms with E-state index in [0.29, 0.717) is 13.1 Å². The lowest BCUT2D eigenvalue weighted by molar-refractivity contribution is 0.185. The van der Waals surface area contributed by atoms with Crippen molar-refractivity contribution >= 4 is 11.9 Å². The van der Waals surface area contributed by atoms with Crippen molar-refractivity contribution in [1.29, 1.82) is 0 Å². The fraction of sp³-hybridized carbons (Fsp3) is 0.636. The topological polar surface area (TPSA) is 51.2 Å². The Morgan fingerprint density at radius 3 is 3.06 bits per heavy atom. The number of hydrogen-bond acceptors (Lipinski definition) is 4. The van der Waals surface area contributed by atoms with Gasteiger partial charge in [-0.05, 0) is 6.42 Å². The molecule has 0 bridgehead atoms. The zero-order valence-corrected chi connectivity index (χ0v) is 10.2. The molecule has 0 unspecified atom stereocenters. The van der Waals surface area contributed by atoms with Gasteiger partial charge in [0.15, 0.2) is 5.84 Å².